The molecule has 0 atom stereocenters. The van der Waals surface area contributed by atoms with E-state index in [-0.39, 0.29) is 0 Å². The molecule has 2 aromatic carbocycles. The highest BCUT2D eigenvalue weighted by Gasteiger charge is 1.96. The molecule has 0 bridgehead atoms. The van der Waals surface area contributed by atoms with Crippen molar-refractivity contribution in [2.75, 3.05) is 0 Å². The molecule has 0 amide bonds. The van der Waals surface area contributed by atoms with Crippen LogP contribution < -0.4 is 0 Å². The number of carbonyl (C=O) groups is 1. The van der Waals surface area contributed by atoms with Crippen LogP contribution in [0.15, 0.2) is 46.9 Å². The molecule has 0 aliphatic rings. The molecular formula is C13H9BrO2. The molecule has 0 aliphatic heterocycles. The van der Waals surface area contributed by atoms with E-state index in [1.54, 1.807) is 6.08 Å². The fourth-order valence-corrected chi connectivity index (χ4v) is 1.89. The van der Waals surface area contributed by atoms with Crippen LogP contribution >= 0.6 is 15.9 Å². The first-order valence-electron chi connectivity index (χ1n) is 4.75. The third kappa shape index (κ3) is 2.49. The second kappa shape index (κ2) is 4.49. The molecule has 3 heteroatoms. The average Bonchev–Trinajstić information content (AvgIpc) is 2.26. The predicted molar refractivity (Wildman–Crippen MR) is 68.3 cm³/mol. The number of fused-ring (bicyclic) bond motifs is 1. The minimum Gasteiger partial charge on any atom is -0.478 e. The highest BCUT2D eigenvalue weighted by atomic mass is 79.9. The van der Waals surface area contributed by atoms with Crippen LogP contribution in [0.2, 0.25) is 0 Å². The van der Waals surface area contributed by atoms with Gasteiger partial charge < -0.3 is 5.11 Å². The second-order valence-electron chi connectivity index (χ2n) is 3.42. The molecule has 0 saturated carbocycles. The van der Waals surface area contributed by atoms with Crippen molar-refractivity contribution in [1.82, 2.24) is 0 Å². The Hall–Kier alpha value is -1.61. The summed E-state index contributed by atoms with van der Waals surface area (Å²) in [5.74, 6) is -0.934. The first-order valence-corrected chi connectivity index (χ1v) is 5.55. The molecule has 2 nitrogen and oxygen atoms in total. The van der Waals surface area contributed by atoms with Crippen LogP contribution in [0.1, 0.15) is 5.56 Å². The second-order valence-corrected chi connectivity index (χ2v) is 4.34. The van der Waals surface area contributed by atoms with Crippen molar-refractivity contribution in [3.8, 4) is 0 Å². The van der Waals surface area contributed by atoms with E-state index in [1.807, 2.05) is 36.4 Å². The molecule has 2 rings (SSSR count). The molecule has 80 valence electrons. The summed E-state index contributed by atoms with van der Waals surface area (Å²) in [4.78, 5) is 10.4. The van der Waals surface area contributed by atoms with Gasteiger partial charge in [0.15, 0.2) is 0 Å². The number of carboxylic acids is 1. The van der Waals surface area contributed by atoms with Crippen molar-refractivity contribution in [2.45, 2.75) is 0 Å². The van der Waals surface area contributed by atoms with Gasteiger partial charge in [0.2, 0.25) is 0 Å². The van der Waals surface area contributed by atoms with E-state index in [9.17, 15) is 4.79 Å². The fourth-order valence-electron chi connectivity index (χ4n) is 1.51. The molecule has 0 aromatic heterocycles. The van der Waals surface area contributed by atoms with Crippen molar-refractivity contribution < 1.29 is 9.90 Å². The Morgan fingerprint density at radius 1 is 1.12 bits per heavy atom. The highest BCUT2D eigenvalue weighted by molar-refractivity contribution is 9.10. The molecule has 0 fully saturated rings. The van der Waals surface area contributed by atoms with Gasteiger partial charge in [0, 0.05) is 10.5 Å². The molecule has 0 unspecified atom stereocenters. The summed E-state index contributed by atoms with van der Waals surface area (Å²) in [7, 11) is 0. The SMILES string of the molecule is O=C(O)/C=C/c1ccc2cc(Br)ccc2c1. The van der Waals surface area contributed by atoms with Crippen molar-refractivity contribution in [1.29, 1.82) is 0 Å². The van der Waals surface area contributed by atoms with Gasteiger partial charge in [-0.15, -0.1) is 0 Å². The Labute approximate surface area is 101 Å². The molecule has 2 aromatic rings. The zero-order valence-corrected chi connectivity index (χ0v) is 9.94. The topological polar surface area (TPSA) is 37.3 Å². The maximum atomic E-state index is 10.4. The molecule has 0 aliphatic carbocycles. The standard InChI is InChI=1S/C13H9BrO2/c14-12-5-4-10-7-9(2-6-13(15)16)1-3-11(10)8-12/h1-8H,(H,15,16)/b6-2+. The zero-order chi connectivity index (χ0) is 11.5. The summed E-state index contributed by atoms with van der Waals surface area (Å²) in [5, 5.41) is 10.8. The normalized spacial score (nSPS) is 11.1. The van der Waals surface area contributed by atoms with Crippen molar-refractivity contribution in [3.05, 3.63) is 52.5 Å². The van der Waals surface area contributed by atoms with Gasteiger partial charge in [0.1, 0.15) is 0 Å². The summed E-state index contributed by atoms with van der Waals surface area (Å²) >= 11 is 3.41. The lowest BCUT2D eigenvalue weighted by atomic mass is 10.1. The molecule has 0 radical (unpaired) electrons. The highest BCUT2D eigenvalue weighted by Crippen LogP contribution is 2.21. The molecule has 0 heterocycles. The van der Waals surface area contributed by atoms with Gasteiger partial charge in [-0.05, 0) is 40.6 Å². The van der Waals surface area contributed by atoms with Crippen LogP contribution in [0.3, 0.4) is 0 Å². The predicted octanol–water partition coefficient (Wildman–Crippen LogP) is 3.70. The van der Waals surface area contributed by atoms with Gasteiger partial charge in [0.05, 0.1) is 0 Å². The maximum absolute atomic E-state index is 10.4. The Morgan fingerprint density at radius 2 is 1.81 bits per heavy atom. The van der Waals surface area contributed by atoms with Gasteiger partial charge in [0.25, 0.3) is 0 Å². The summed E-state index contributed by atoms with van der Waals surface area (Å²) in [6, 6.07) is 11.8. The molecule has 16 heavy (non-hydrogen) atoms. The smallest absolute Gasteiger partial charge is 0.328 e. The molecule has 1 N–H and O–H groups in total. The first kappa shape index (κ1) is 10.9. The van der Waals surface area contributed by atoms with E-state index in [4.69, 9.17) is 5.11 Å². The quantitative estimate of drug-likeness (QED) is 0.850. The van der Waals surface area contributed by atoms with Gasteiger partial charge in [-0.25, -0.2) is 4.79 Å². The number of carboxylic acid groups (broad SMARTS) is 1. The monoisotopic (exact) mass is 276 g/mol. The minimum absolute atomic E-state index is 0.886. The number of hydrogen-bond donors (Lipinski definition) is 1. The summed E-state index contributed by atoms with van der Waals surface area (Å²) < 4.78 is 1.04. The summed E-state index contributed by atoms with van der Waals surface area (Å²) in [5.41, 5.74) is 0.886. The average molecular weight is 277 g/mol. The van der Waals surface area contributed by atoms with Gasteiger partial charge in [-0.2, -0.15) is 0 Å². The number of halogens is 1. The van der Waals surface area contributed by atoms with E-state index in [1.165, 1.54) is 0 Å². The van der Waals surface area contributed by atoms with E-state index in [0.29, 0.717) is 0 Å². The van der Waals surface area contributed by atoms with Crippen molar-refractivity contribution >= 4 is 38.7 Å². The Kier molecular flexibility index (Phi) is 3.06. The third-order valence-corrected chi connectivity index (χ3v) is 2.74. The van der Waals surface area contributed by atoms with Crippen LogP contribution in [-0.2, 0) is 4.79 Å². The number of hydrogen-bond acceptors (Lipinski definition) is 1. The Morgan fingerprint density at radius 3 is 2.56 bits per heavy atom. The molecule has 0 spiro atoms. The van der Waals surface area contributed by atoms with Crippen LogP contribution in [-0.4, -0.2) is 11.1 Å². The van der Waals surface area contributed by atoms with E-state index >= 15 is 0 Å². The fraction of sp³-hybridized carbons (Fsp3) is 0. The summed E-state index contributed by atoms with van der Waals surface area (Å²) in [6.07, 6.45) is 2.73. The number of benzene rings is 2. The first-order chi connectivity index (χ1) is 7.65. The maximum Gasteiger partial charge on any atom is 0.328 e. The Bertz CT molecular complexity index is 573. The van der Waals surface area contributed by atoms with E-state index in [2.05, 4.69) is 15.9 Å². The van der Waals surface area contributed by atoms with Gasteiger partial charge >= 0.3 is 5.97 Å². The molecule has 0 saturated heterocycles. The van der Waals surface area contributed by atoms with Crippen LogP contribution in [0, 0.1) is 0 Å². The lowest BCUT2D eigenvalue weighted by Gasteiger charge is -2.00. The zero-order valence-electron chi connectivity index (χ0n) is 8.35. The lowest BCUT2D eigenvalue weighted by molar-refractivity contribution is -0.131. The largest absolute Gasteiger partial charge is 0.478 e. The summed E-state index contributed by atoms with van der Waals surface area (Å²) in [6.45, 7) is 0. The van der Waals surface area contributed by atoms with Crippen LogP contribution in [0.5, 0.6) is 0 Å². The number of aliphatic carboxylic acids is 1. The lowest BCUT2D eigenvalue weighted by Crippen LogP contribution is -1.85. The van der Waals surface area contributed by atoms with Gasteiger partial charge in [-0.3, -0.25) is 0 Å². The van der Waals surface area contributed by atoms with Gasteiger partial charge in [-0.1, -0.05) is 34.1 Å². The van der Waals surface area contributed by atoms with Crippen molar-refractivity contribution in [3.63, 3.8) is 0 Å². The van der Waals surface area contributed by atoms with Crippen molar-refractivity contribution in [2.24, 2.45) is 0 Å². The molecular weight excluding hydrogens is 268 g/mol. The van der Waals surface area contributed by atoms with E-state index in [0.717, 1.165) is 26.9 Å². The number of rotatable bonds is 2. The third-order valence-electron chi connectivity index (χ3n) is 2.24. The van der Waals surface area contributed by atoms with Crippen LogP contribution in [0.4, 0.5) is 0 Å². The van der Waals surface area contributed by atoms with E-state index < -0.39 is 5.97 Å². The minimum atomic E-state index is -0.934. The Balaban J connectivity index is 2.44. The van der Waals surface area contributed by atoms with Crippen LogP contribution in [0.25, 0.3) is 16.8 Å².